The molecule has 0 unspecified atom stereocenters. The van der Waals surface area contributed by atoms with E-state index in [1.54, 1.807) is 0 Å². The Balaban J connectivity index is 1.40. The first-order chi connectivity index (χ1) is 14.8. The Labute approximate surface area is 186 Å². The summed E-state index contributed by atoms with van der Waals surface area (Å²) in [6.45, 7) is 2.76. The highest BCUT2D eigenvalue weighted by molar-refractivity contribution is 9.09. The van der Waals surface area contributed by atoms with Gasteiger partial charge in [-0.05, 0) is 73.6 Å². The van der Waals surface area contributed by atoms with Gasteiger partial charge in [0, 0.05) is 30.0 Å². The Morgan fingerprint density at radius 1 is 1.07 bits per heavy atom. The fourth-order valence-corrected chi connectivity index (χ4v) is 4.58. The summed E-state index contributed by atoms with van der Waals surface area (Å²) in [6.07, 6.45) is 6.24. The molecule has 0 saturated carbocycles. The Kier molecular flexibility index (Phi) is 6.86. The maximum absolute atomic E-state index is 9.39. The average Bonchev–Trinajstić information content (AvgIpc) is 2.82. The van der Waals surface area contributed by atoms with Crippen LogP contribution in [-0.4, -0.2) is 30.0 Å². The van der Waals surface area contributed by atoms with Crippen LogP contribution in [-0.2, 0) is 0 Å². The monoisotopic (exact) mass is 463 g/mol. The molecule has 154 valence electrons. The van der Waals surface area contributed by atoms with Gasteiger partial charge >= 0.3 is 0 Å². The molecule has 4 nitrogen and oxygen atoms in total. The normalized spacial score (nSPS) is 14.6. The van der Waals surface area contributed by atoms with Gasteiger partial charge in [-0.3, -0.25) is 4.98 Å². The zero-order valence-corrected chi connectivity index (χ0v) is 18.6. The number of nitriles is 1. The van der Waals surface area contributed by atoms with Crippen molar-refractivity contribution in [3.05, 3.63) is 65.9 Å². The van der Waals surface area contributed by atoms with Gasteiger partial charge in [0.15, 0.2) is 0 Å². The highest BCUT2D eigenvalue weighted by Crippen LogP contribution is 2.34. The second kappa shape index (κ2) is 9.95. The molecule has 0 radical (unpaired) electrons. The smallest absolute Gasteiger partial charge is 0.119 e. The predicted octanol–water partition coefficient (Wildman–Crippen LogP) is 6.04. The molecular weight excluding hydrogens is 438 g/mol. The number of ether oxygens (including phenoxy) is 1. The molecule has 2 heterocycles. The molecule has 0 spiro atoms. The molecule has 0 N–H and O–H groups in total. The van der Waals surface area contributed by atoms with E-state index in [-0.39, 0.29) is 0 Å². The standard InChI is InChI=1S/C25H26BrN3O/c26-13-1-2-17-30-22-8-5-19(6-9-22)20-11-15-29(16-12-20)24-10-7-21(18-27)23-4-3-14-28-25(23)24/h3-10,14,20H,1-2,11-13,15-17H2. The van der Waals surface area contributed by atoms with Crippen molar-refractivity contribution in [2.45, 2.75) is 31.6 Å². The van der Waals surface area contributed by atoms with Crippen LogP contribution in [0, 0.1) is 11.3 Å². The zero-order valence-electron chi connectivity index (χ0n) is 17.1. The Bertz CT molecular complexity index is 1020. The summed E-state index contributed by atoms with van der Waals surface area (Å²) in [5.41, 5.74) is 4.14. The fraction of sp³-hybridized carbons (Fsp3) is 0.360. The number of benzene rings is 2. The van der Waals surface area contributed by atoms with Gasteiger partial charge in [-0.1, -0.05) is 28.1 Å². The second-order valence-electron chi connectivity index (χ2n) is 7.72. The first kappa shape index (κ1) is 20.7. The molecule has 5 heteroatoms. The average molecular weight is 464 g/mol. The summed E-state index contributed by atoms with van der Waals surface area (Å²) < 4.78 is 5.83. The minimum absolute atomic E-state index is 0.571. The summed E-state index contributed by atoms with van der Waals surface area (Å²) in [5.74, 6) is 1.53. The topological polar surface area (TPSA) is 49.2 Å². The number of nitrogens with zero attached hydrogens (tertiary/aromatic N) is 3. The third kappa shape index (κ3) is 4.60. The maximum Gasteiger partial charge on any atom is 0.119 e. The van der Waals surface area contributed by atoms with Crippen LogP contribution in [0.1, 0.15) is 42.7 Å². The lowest BCUT2D eigenvalue weighted by molar-refractivity contribution is 0.310. The lowest BCUT2D eigenvalue weighted by Crippen LogP contribution is -2.33. The summed E-state index contributed by atoms with van der Waals surface area (Å²) in [4.78, 5) is 6.99. The van der Waals surface area contributed by atoms with Gasteiger partial charge in [-0.25, -0.2) is 0 Å². The van der Waals surface area contributed by atoms with Gasteiger partial charge < -0.3 is 9.64 Å². The van der Waals surface area contributed by atoms with Gasteiger partial charge in [0.25, 0.3) is 0 Å². The summed E-state index contributed by atoms with van der Waals surface area (Å²) >= 11 is 3.45. The highest BCUT2D eigenvalue weighted by atomic mass is 79.9. The molecule has 1 fully saturated rings. The minimum Gasteiger partial charge on any atom is -0.494 e. The zero-order chi connectivity index (χ0) is 20.8. The van der Waals surface area contributed by atoms with Crippen molar-refractivity contribution in [2.24, 2.45) is 0 Å². The molecule has 0 aliphatic carbocycles. The summed E-state index contributed by atoms with van der Waals surface area (Å²) in [5, 5.41) is 11.4. The van der Waals surface area contributed by atoms with Crippen molar-refractivity contribution in [2.75, 3.05) is 29.9 Å². The van der Waals surface area contributed by atoms with Crippen LogP contribution in [0.3, 0.4) is 0 Å². The van der Waals surface area contributed by atoms with E-state index in [2.05, 4.69) is 62.2 Å². The largest absolute Gasteiger partial charge is 0.494 e. The van der Waals surface area contributed by atoms with E-state index in [0.29, 0.717) is 11.5 Å². The highest BCUT2D eigenvalue weighted by Gasteiger charge is 2.22. The number of alkyl halides is 1. The van der Waals surface area contributed by atoms with E-state index in [4.69, 9.17) is 4.74 Å². The van der Waals surface area contributed by atoms with Crippen LogP contribution in [0.25, 0.3) is 10.9 Å². The molecule has 1 saturated heterocycles. The van der Waals surface area contributed by atoms with Crippen LogP contribution < -0.4 is 9.64 Å². The van der Waals surface area contributed by atoms with Crippen molar-refractivity contribution in [1.82, 2.24) is 4.98 Å². The van der Waals surface area contributed by atoms with Crippen LogP contribution in [0.15, 0.2) is 54.7 Å². The van der Waals surface area contributed by atoms with Crippen LogP contribution >= 0.6 is 15.9 Å². The summed E-state index contributed by atoms with van der Waals surface area (Å²) in [6, 6.07) is 18.8. The number of aromatic nitrogens is 1. The minimum atomic E-state index is 0.571. The van der Waals surface area contributed by atoms with Crippen LogP contribution in [0.2, 0.25) is 0 Å². The first-order valence-corrected chi connectivity index (χ1v) is 11.7. The molecule has 0 bridgehead atoms. The third-order valence-corrected chi connectivity index (χ3v) is 6.41. The van der Waals surface area contributed by atoms with Crippen molar-refractivity contribution in [3.8, 4) is 11.8 Å². The molecule has 0 atom stereocenters. The second-order valence-corrected chi connectivity index (χ2v) is 8.51. The lowest BCUT2D eigenvalue weighted by Gasteiger charge is -2.34. The molecule has 2 aromatic carbocycles. The fourth-order valence-electron chi connectivity index (χ4n) is 4.19. The number of hydrogen-bond acceptors (Lipinski definition) is 4. The Morgan fingerprint density at radius 2 is 1.87 bits per heavy atom. The van der Waals surface area contributed by atoms with E-state index >= 15 is 0 Å². The van der Waals surface area contributed by atoms with Gasteiger partial charge in [0.2, 0.25) is 0 Å². The maximum atomic E-state index is 9.39. The molecule has 1 aliphatic heterocycles. The number of unbranched alkanes of at least 4 members (excludes halogenated alkanes) is 1. The van der Waals surface area contributed by atoms with Crippen molar-refractivity contribution >= 4 is 32.5 Å². The quantitative estimate of drug-likeness (QED) is 0.316. The van der Waals surface area contributed by atoms with Gasteiger partial charge in [-0.2, -0.15) is 5.26 Å². The number of rotatable bonds is 7. The third-order valence-electron chi connectivity index (χ3n) is 5.85. The van der Waals surface area contributed by atoms with E-state index in [0.717, 1.165) is 73.0 Å². The van der Waals surface area contributed by atoms with E-state index in [9.17, 15) is 5.26 Å². The Morgan fingerprint density at radius 3 is 2.60 bits per heavy atom. The number of halogens is 1. The van der Waals surface area contributed by atoms with Gasteiger partial charge in [-0.15, -0.1) is 0 Å². The molecule has 30 heavy (non-hydrogen) atoms. The van der Waals surface area contributed by atoms with E-state index < -0.39 is 0 Å². The molecular formula is C25H26BrN3O. The Hall–Kier alpha value is -2.58. The molecule has 4 rings (SSSR count). The number of piperidine rings is 1. The SMILES string of the molecule is N#Cc1ccc(N2CCC(c3ccc(OCCCCBr)cc3)CC2)c2ncccc12. The van der Waals surface area contributed by atoms with Crippen LogP contribution in [0.4, 0.5) is 5.69 Å². The van der Waals surface area contributed by atoms with E-state index in [1.165, 1.54) is 5.56 Å². The van der Waals surface area contributed by atoms with Gasteiger partial charge in [0.1, 0.15) is 5.75 Å². The number of pyridine rings is 1. The molecule has 3 aromatic rings. The van der Waals surface area contributed by atoms with Crippen molar-refractivity contribution < 1.29 is 4.74 Å². The predicted molar refractivity (Wildman–Crippen MR) is 126 cm³/mol. The van der Waals surface area contributed by atoms with Crippen molar-refractivity contribution in [1.29, 1.82) is 5.26 Å². The summed E-state index contributed by atoms with van der Waals surface area (Å²) in [7, 11) is 0. The lowest BCUT2D eigenvalue weighted by atomic mass is 9.89. The van der Waals surface area contributed by atoms with Crippen molar-refractivity contribution in [3.63, 3.8) is 0 Å². The molecule has 0 amide bonds. The molecule has 1 aromatic heterocycles. The molecule has 1 aliphatic rings. The number of hydrogen-bond donors (Lipinski definition) is 0. The van der Waals surface area contributed by atoms with Crippen LogP contribution in [0.5, 0.6) is 5.75 Å². The van der Waals surface area contributed by atoms with Gasteiger partial charge in [0.05, 0.1) is 29.4 Å². The number of anilines is 1. The first-order valence-electron chi connectivity index (χ1n) is 10.6. The van der Waals surface area contributed by atoms with E-state index in [1.807, 2.05) is 24.4 Å². The number of fused-ring (bicyclic) bond motifs is 1.